The van der Waals surface area contributed by atoms with Gasteiger partial charge in [-0.3, -0.25) is 4.79 Å². The van der Waals surface area contributed by atoms with Gasteiger partial charge in [-0.05, 0) is 23.9 Å². The molecule has 5 nitrogen and oxygen atoms in total. The molecule has 0 aliphatic carbocycles. The zero-order valence-corrected chi connectivity index (χ0v) is 12.2. The molecule has 0 spiro atoms. The lowest BCUT2D eigenvalue weighted by Crippen LogP contribution is -2.14. The van der Waals surface area contributed by atoms with Gasteiger partial charge in [0.2, 0.25) is 5.91 Å². The summed E-state index contributed by atoms with van der Waals surface area (Å²) in [5.41, 5.74) is 1.67. The van der Waals surface area contributed by atoms with Crippen LogP contribution in [0.5, 0.6) is 0 Å². The average molecular weight is 299 g/mol. The van der Waals surface area contributed by atoms with Gasteiger partial charge in [-0.2, -0.15) is 4.98 Å². The van der Waals surface area contributed by atoms with Crippen LogP contribution in [0.3, 0.4) is 0 Å². The number of carbonyl (C=O) groups is 1. The van der Waals surface area contributed by atoms with E-state index < -0.39 is 0 Å². The maximum absolute atomic E-state index is 12.1. The number of amides is 1. The molecule has 1 N–H and O–H groups in total. The summed E-state index contributed by atoms with van der Waals surface area (Å²) in [4.78, 5) is 17.1. The number of hydrogen-bond donors (Lipinski definition) is 1. The Morgan fingerprint density at radius 3 is 2.81 bits per heavy atom. The fourth-order valence-corrected chi connectivity index (χ4v) is 2.71. The molecule has 2 aromatic heterocycles. The highest BCUT2D eigenvalue weighted by atomic mass is 32.1. The molecular formula is C15H13N3O2S. The standard InChI is InChI=1S/C15H13N3O2S/c1-10-16-15(20-18-10)14-12(7-8-21-14)17-13(19)9-11-5-3-2-4-6-11/h2-8H,9H2,1H3,(H,17,19). The van der Waals surface area contributed by atoms with Crippen molar-refractivity contribution in [1.29, 1.82) is 0 Å². The minimum absolute atomic E-state index is 0.0721. The molecule has 21 heavy (non-hydrogen) atoms. The number of anilines is 1. The van der Waals surface area contributed by atoms with E-state index >= 15 is 0 Å². The van der Waals surface area contributed by atoms with Crippen LogP contribution < -0.4 is 5.32 Å². The number of nitrogens with zero attached hydrogens (tertiary/aromatic N) is 2. The summed E-state index contributed by atoms with van der Waals surface area (Å²) in [6, 6.07) is 11.4. The van der Waals surface area contributed by atoms with Gasteiger partial charge >= 0.3 is 0 Å². The van der Waals surface area contributed by atoms with Crippen LogP contribution in [0.2, 0.25) is 0 Å². The Kier molecular flexibility index (Phi) is 3.79. The van der Waals surface area contributed by atoms with E-state index in [4.69, 9.17) is 4.52 Å². The second-order valence-electron chi connectivity index (χ2n) is 4.52. The minimum Gasteiger partial charge on any atom is -0.333 e. The van der Waals surface area contributed by atoms with Crippen molar-refractivity contribution in [3.63, 3.8) is 0 Å². The van der Waals surface area contributed by atoms with Gasteiger partial charge in [0.15, 0.2) is 5.82 Å². The molecule has 0 unspecified atom stereocenters. The van der Waals surface area contributed by atoms with Crippen molar-refractivity contribution in [3.05, 3.63) is 53.2 Å². The third kappa shape index (κ3) is 3.17. The average Bonchev–Trinajstić information content (AvgIpc) is 3.08. The third-order valence-corrected chi connectivity index (χ3v) is 3.77. The maximum atomic E-state index is 12.1. The fourth-order valence-electron chi connectivity index (χ4n) is 1.94. The normalized spacial score (nSPS) is 10.5. The third-order valence-electron chi connectivity index (χ3n) is 2.87. The number of aryl methyl sites for hydroxylation is 1. The van der Waals surface area contributed by atoms with Crippen LogP contribution in [0.1, 0.15) is 11.4 Å². The maximum Gasteiger partial charge on any atom is 0.270 e. The zero-order chi connectivity index (χ0) is 14.7. The number of nitrogens with one attached hydrogen (secondary N) is 1. The molecule has 0 saturated carbocycles. The molecule has 1 amide bonds. The number of thiophene rings is 1. The van der Waals surface area contributed by atoms with Crippen molar-refractivity contribution in [1.82, 2.24) is 10.1 Å². The van der Waals surface area contributed by atoms with E-state index in [0.717, 1.165) is 10.4 Å². The molecule has 3 aromatic rings. The van der Waals surface area contributed by atoms with E-state index in [9.17, 15) is 4.79 Å². The first kappa shape index (κ1) is 13.5. The highest BCUT2D eigenvalue weighted by Crippen LogP contribution is 2.32. The van der Waals surface area contributed by atoms with Gasteiger partial charge in [-0.1, -0.05) is 35.5 Å². The Balaban J connectivity index is 1.74. The second kappa shape index (κ2) is 5.88. The van der Waals surface area contributed by atoms with E-state index in [2.05, 4.69) is 15.5 Å². The SMILES string of the molecule is Cc1noc(-c2sccc2NC(=O)Cc2ccccc2)n1. The summed E-state index contributed by atoms with van der Waals surface area (Å²) < 4.78 is 5.15. The molecule has 0 saturated heterocycles. The number of rotatable bonds is 4. The predicted molar refractivity (Wildman–Crippen MR) is 81.1 cm³/mol. The summed E-state index contributed by atoms with van der Waals surface area (Å²) in [5, 5.41) is 8.54. The molecule has 0 fully saturated rings. The smallest absolute Gasteiger partial charge is 0.270 e. The van der Waals surface area contributed by atoms with Crippen molar-refractivity contribution >= 4 is 22.9 Å². The highest BCUT2D eigenvalue weighted by Gasteiger charge is 2.15. The monoisotopic (exact) mass is 299 g/mol. The summed E-state index contributed by atoms with van der Waals surface area (Å²) >= 11 is 1.45. The molecule has 6 heteroatoms. The second-order valence-corrected chi connectivity index (χ2v) is 5.44. The van der Waals surface area contributed by atoms with E-state index in [1.165, 1.54) is 11.3 Å². The zero-order valence-electron chi connectivity index (χ0n) is 11.4. The summed E-state index contributed by atoms with van der Waals surface area (Å²) in [6.07, 6.45) is 0.332. The lowest BCUT2D eigenvalue weighted by molar-refractivity contribution is -0.115. The molecule has 0 radical (unpaired) electrons. The molecule has 1 aromatic carbocycles. The van der Waals surface area contributed by atoms with Crippen LogP contribution in [0.15, 0.2) is 46.3 Å². The van der Waals surface area contributed by atoms with Gasteiger partial charge in [-0.25, -0.2) is 0 Å². The van der Waals surface area contributed by atoms with Gasteiger partial charge in [0.25, 0.3) is 5.89 Å². The van der Waals surface area contributed by atoms with E-state index in [1.54, 1.807) is 6.92 Å². The number of hydrogen-bond acceptors (Lipinski definition) is 5. The van der Waals surface area contributed by atoms with Gasteiger partial charge in [-0.15, -0.1) is 11.3 Å². The van der Waals surface area contributed by atoms with Crippen molar-refractivity contribution in [2.45, 2.75) is 13.3 Å². The molecule has 0 aliphatic rings. The van der Waals surface area contributed by atoms with Crippen LogP contribution in [-0.2, 0) is 11.2 Å². The van der Waals surface area contributed by atoms with Gasteiger partial charge in [0, 0.05) is 0 Å². The van der Waals surface area contributed by atoms with Crippen molar-refractivity contribution in [2.75, 3.05) is 5.32 Å². The van der Waals surface area contributed by atoms with E-state index in [-0.39, 0.29) is 5.91 Å². The molecular weight excluding hydrogens is 286 g/mol. The van der Waals surface area contributed by atoms with Gasteiger partial charge in [0.1, 0.15) is 4.88 Å². The Morgan fingerprint density at radius 2 is 2.10 bits per heavy atom. The molecule has 106 valence electrons. The van der Waals surface area contributed by atoms with E-state index in [1.807, 2.05) is 41.8 Å². The van der Waals surface area contributed by atoms with Crippen LogP contribution in [0.4, 0.5) is 5.69 Å². The highest BCUT2D eigenvalue weighted by molar-refractivity contribution is 7.14. The summed E-state index contributed by atoms with van der Waals surface area (Å²) in [7, 11) is 0. The van der Waals surface area contributed by atoms with Gasteiger partial charge in [0.05, 0.1) is 12.1 Å². The fraction of sp³-hybridized carbons (Fsp3) is 0.133. The van der Waals surface area contributed by atoms with Crippen LogP contribution in [0.25, 0.3) is 10.8 Å². The molecule has 3 rings (SSSR count). The van der Waals surface area contributed by atoms with Crippen molar-refractivity contribution in [2.24, 2.45) is 0 Å². The van der Waals surface area contributed by atoms with Crippen LogP contribution in [-0.4, -0.2) is 16.0 Å². The number of benzene rings is 1. The number of carbonyl (C=O) groups excluding carboxylic acids is 1. The summed E-state index contributed by atoms with van der Waals surface area (Å²) in [6.45, 7) is 1.76. The predicted octanol–water partition coefficient (Wildman–Crippen LogP) is 3.29. The quantitative estimate of drug-likeness (QED) is 0.802. The first-order valence-corrected chi connectivity index (χ1v) is 7.32. The Labute approximate surface area is 125 Å². The minimum atomic E-state index is -0.0721. The molecule has 2 heterocycles. The topological polar surface area (TPSA) is 68.0 Å². The van der Waals surface area contributed by atoms with Crippen LogP contribution in [0, 0.1) is 6.92 Å². The van der Waals surface area contributed by atoms with E-state index in [0.29, 0.717) is 23.8 Å². The largest absolute Gasteiger partial charge is 0.333 e. The summed E-state index contributed by atoms with van der Waals surface area (Å²) in [5.74, 6) is 0.926. The lowest BCUT2D eigenvalue weighted by atomic mass is 10.1. The number of aromatic nitrogens is 2. The first-order valence-electron chi connectivity index (χ1n) is 6.44. The lowest BCUT2D eigenvalue weighted by Gasteiger charge is -2.04. The Hall–Kier alpha value is -2.47. The molecule has 0 bridgehead atoms. The van der Waals surface area contributed by atoms with Crippen LogP contribution >= 0.6 is 11.3 Å². The first-order chi connectivity index (χ1) is 10.2. The van der Waals surface area contributed by atoms with Gasteiger partial charge < -0.3 is 9.84 Å². The Bertz CT molecular complexity index is 749. The Morgan fingerprint density at radius 1 is 1.29 bits per heavy atom. The van der Waals surface area contributed by atoms with Crippen molar-refractivity contribution < 1.29 is 9.32 Å². The molecule has 0 aliphatic heterocycles. The molecule has 0 atom stereocenters. The van der Waals surface area contributed by atoms with Crippen molar-refractivity contribution in [3.8, 4) is 10.8 Å².